The lowest BCUT2D eigenvalue weighted by atomic mass is 10.3. The number of para-hydroxylation sites is 1. The van der Waals surface area contributed by atoms with Crippen molar-refractivity contribution >= 4 is 23.4 Å². The van der Waals surface area contributed by atoms with Gasteiger partial charge in [-0.3, -0.25) is 4.79 Å². The normalized spacial score (nSPS) is 10.2. The quantitative estimate of drug-likeness (QED) is 0.784. The fourth-order valence-corrected chi connectivity index (χ4v) is 2.49. The van der Waals surface area contributed by atoms with Gasteiger partial charge in [0, 0.05) is 18.4 Å². The fourth-order valence-electron chi connectivity index (χ4n) is 1.76. The topological polar surface area (TPSA) is 33.2 Å². The number of hydrogen-bond donors (Lipinski definition) is 0. The highest BCUT2D eigenvalue weighted by molar-refractivity contribution is 7.99. The number of carbonyl (C=O) groups excluding carboxylic acids is 1. The number of rotatable bonds is 5. The number of carbonyl (C=O) groups is 1. The van der Waals surface area contributed by atoms with Gasteiger partial charge >= 0.3 is 0 Å². The lowest BCUT2D eigenvalue weighted by molar-refractivity contribution is -0.116. The molecule has 0 radical (unpaired) electrons. The monoisotopic (exact) mass is 272 g/mol. The Morgan fingerprint density at radius 3 is 2.53 bits per heavy atom. The fraction of sp³-hybridized carbons (Fsp3) is 0.200. The maximum absolute atomic E-state index is 12.2. The van der Waals surface area contributed by atoms with Crippen molar-refractivity contribution in [2.24, 2.45) is 0 Å². The van der Waals surface area contributed by atoms with Crippen LogP contribution in [0.4, 0.5) is 5.69 Å². The summed E-state index contributed by atoms with van der Waals surface area (Å²) >= 11 is 1.46. The smallest absolute Gasteiger partial charge is 0.237 e. The van der Waals surface area contributed by atoms with E-state index in [1.807, 2.05) is 55.5 Å². The zero-order valence-corrected chi connectivity index (χ0v) is 11.6. The van der Waals surface area contributed by atoms with Crippen LogP contribution in [0.1, 0.15) is 6.92 Å². The average Bonchev–Trinajstić information content (AvgIpc) is 2.48. The van der Waals surface area contributed by atoms with Crippen LogP contribution >= 0.6 is 11.8 Å². The van der Waals surface area contributed by atoms with Crippen molar-refractivity contribution in [1.82, 2.24) is 4.98 Å². The molecule has 0 saturated carbocycles. The highest BCUT2D eigenvalue weighted by Crippen LogP contribution is 2.18. The first-order chi connectivity index (χ1) is 9.31. The van der Waals surface area contributed by atoms with Gasteiger partial charge in [0.1, 0.15) is 0 Å². The molecule has 2 rings (SSSR count). The van der Waals surface area contributed by atoms with Crippen molar-refractivity contribution in [3.05, 3.63) is 54.7 Å². The van der Waals surface area contributed by atoms with Crippen LogP contribution in [0.15, 0.2) is 59.8 Å². The van der Waals surface area contributed by atoms with Crippen molar-refractivity contribution < 1.29 is 4.79 Å². The number of hydrogen-bond acceptors (Lipinski definition) is 3. The molecule has 2 aromatic rings. The summed E-state index contributed by atoms with van der Waals surface area (Å²) in [6, 6.07) is 15.4. The van der Waals surface area contributed by atoms with Gasteiger partial charge in [0.05, 0.1) is 10.8 Å². The number of pyridine rings is 1. The van der Waals surface area contributed by atoms with E-state index in [1.165, 1.54) is 11.8 Å². The van der Waals surface area contributed by atoms with Crippen molar-refractivity contribution in [2.45, 2.75) is 11.9 Å². The molecule has 1 heterocycles. The molecule has 0 saturated heterocycles. The van der Waals surface area contributed by atoms with E-state index in [4.69, 9.17) is 0 Å². The van der Waals surface area contributed by atoms with Crippen LogP contribution in [0.5, 0.6) is 0 Å². The van der Waals surface area contributed by atoms with Crippen LogP contribution in [-0.2, 0) is 4.79 Å². The molecular formula is C15H16N2OS. The Labute approximate surface area is 117 Å². The minimum Gasteiger partial charge on any atom is -0.312 e. The molecule has 4 heteroatoms. The Kier molecular flexibility index (Phi) is 4.98. The largest absolute Gasteiger partial charge is 0.312 e. The molecule has 1 aromatic heterocycles. The van der Waals surface area contributed by atoms with Crippen molar-refractivity contribution in [3.8, 4) is 0 Å². The van der Waals surface area contributed by atoms with Crippen molar-refractivity contribution in [1.29, 1.82) is 0 Å². The maximum atomic E-state index is 12.2. The lowest BCUT2D eigenvalue weighted by Gasteiger charge is -2.20. The number of aromatic nitrogens is 1. The predicted octanol–water partition coefficient (Wildman–Crippen LogP) is 3.23. The van der Waals surface area contributed by atoms with E-state index in [-0.39, 0.29) is 5.91 Å². The molecule has 0 N–H and O–H groups in total. The zero-order chi connectivity index (χ0) is 13.5. The molecule has 0 atom stereocenters. The third kappa shape index (κ3) is 3.83. The highest BCUT2D eigenvalue weighted by atomic mass is 32.2. The van der Waals surface area contributed by atoms with Crippen molar-refractivity contribution in [2.75, 3.05) is 17.2 Å². The molecule has 3 nitrogen and oxygen atoms in total. The summed E-state index contributed by atoms with van der Waals surface area (Å²) in [5.41, 5.74) is 0.941. The van der Waals surface area contributed by atoms with Gasteiger partial charge in [-0.1, -0.05) is 36.0 Å². The first-order valence-electron chi connectivity index (χ1n) is 6.20. The number of amides is 1. The van der Waals surface area contributed by atoms with Gasteiger partial charge in [0.25, 0.3) is 0 Å². The van der Waals surface area contributed by atoms with E-state index in [1.54, 1.807) is 11.1 Å². The summed E-state index contributed by atoms with van der Waals surface area (Å²) < 4.78 is 0. The molecule has 0 fully saturated rings. The van der Waals surface area contributed by atoms with Gasteiger partial charge in [-0.2, -0.15) is 0 Å². The molecular weight excluding hydrogens is 256 g/mol. The number of anilines is 1. The molecule has 1 amide bonds. The Hall–Kier alpha value is -1.81. The first kappa shape index (κ1) is 13.6. The number of nitrogens with zero attached hydrogens (tertiary/aromatic N) is 2. The van der Waals surface area contributed by atoms with Crippen LogP contribution in [0.25, 0.3) is 0 Å². The second-order valence-electron chi connectivity index (χ2n) is 3.93. The Morgan fingerprint density at radius 2 is 1.89 bits per heavy atom. The van der Waals surface area contributed by atoms with Gasteiger partial charge < -0.3 is 4.90 Å². The van der Waals surface area contributed by atoms with E-state index in [0.717, 1.165) is 10.7 Å². The van der Waals surface area contributed by atoms with E-state index in [0.29, 0.717) is 12.3 Å². The standard InChI is InChI=1S/C15H16N2OS/c1-2-17(13-8-4-3-5-9-13)15(18)12-19-14-10-6-7-11-16-14/h3-11H,2,12H2,1H3. The third-order valence-corrected chi connectivity index (χ3v) is 3.59. The van der Waals surface area contributed by atoms with Crippen LogP contribution in [-0.4, -0.2) is 23.2 Å². The van der Waals surface area contributed by atoms with Gasteiger partial charge in [-0.15, -0.1) is 0 Å². The summed E-state index contributed by atoms with van der Waals surface area (Å²) in [4.78, 5) is 18.2. The second kappa shape index (κ2) is 6.95. The molecule has 0 spiro atoms. The van der Waals surface area contributed by atoms with Gasteiger partial charge in [-0.05, 0) is 31.2 Å². The zero-order valence-electron chi connectivity index (χ0n) is 10.8. The Morgan fingerprint density at radius 1 is 1.16 bits per heavy atom. The summed E-state index contributed by atoms with van der Waals surface area (Å²) in [5, 5.41) is 0.875. The molecule has 0 bridgehead atoms. The summed E-state index contributed by atoms with van der Waals surface area (Å²) in [6.07, 6.45) is 1.74. The van der Waals surface area contributed by atoms with E-state index in [2.05, 4.69) is 4.98 Å². The molecule has 19 heavy (non-hydrogen) atoms. The van der Waals surface area contributed by atoms with Crippen molar-refractivity contribution in [3.63, 3.8) is 0 Å². The minimum atomic E-state index is 0.101. The molecule has 0 aliphatic rings. The molecule has 0 aliphatic heterocycles. The first-order valence-corrected chi connectivity index (χ1v) is 7.19. The lowest BCUT2D eigenvalue weighted by Crippen LogP contribution is -2.32. The second-order valence-corrected chi connectivity index (χ2v) is 4.93. The summed E-state index contributed by atoms with van der Waals surface area (Å²) in [7, 11) is 0. The average molecular weight is 272 g/mol. The molecule has 98 valence electrons. The van der Waals surface area contributed by atoms with Crippen LogP contribution in [0.2, 0.25) is 0 Å². The van der Waals surface area contributed by atoms with Crippen LogP contribution in [0, 0.1) is 0 Å². The van der Waals surface area contributed by atoms with Gasteiger partial charge in [0.15, 0.2) is 0 Å². The van der Waals surface area contributed by atoms with Gasteiger partial charge in [0.2, 0.25) is 5.91 Å². The minimum absolute atomic E-state index is 0.101. The third-order valence-electron chi connectivity index (χ3n) is 2.67. The molecule has 0 aliphatic carbocycles. The highest BCUT2D eigenvalue weighted by Gasteiger charge is 2.13. The van der Waals surface area contributed by atoms with Gasteiger partial charge in [-0.25, -0.2) is 4.98 Å². The summed E-state index contributed by atoms with van der Waals surface area (Å²) in [6.45, 7) is 2.65. The molecule has 1 aromatic carbocycles. The SMILES string of the molecule is CCN(C(=O)CSc1ccccn1)c1ccccc1. The number of thioether (sulfide) groups is 1. The molecule has 0 unspecified atom stereocenters. The Bertz CT molecular complexity index is 516. The number of benzene rings is 1. The van der Waals surface area contributed by atoms with Crippen LogP contribution < -0.4 is 4.90 Å². The van der Waals surface area contributed by atoms with Crippen LogP contribution in [0.3, 0.4) is 0 Å². The maximum Gasteiger partial charge on any atom is 0.237 e. The van der Waals surface area contributed by atoms with E-state index < -0.39 is 0 Å². The van der Waals surface area contributed by atoms with E-state index >= 15 is 0 Å². The summed E-state index contributed by atoms with van der Waals surface area (Å²) in [5.74, 6) is 0.504. The predicted molar refractivity (Wildman–Crippen MR) is 79.4 cm³/mol. The Balaban J connectivity index is 1.98. The van der Waals surface area contributed by atoms with E-state index in [9.17, 15) is 4.79 Å².